The van der Waals surface area contributed by atoms with Crippen molar-refractivity contribution < 1.29 is 4.74 Å². The second-order valence-electron chi connectivity index (χ2n) is 4.68. The summed E-state index contributed by atoms with van der Waals surface area (Å²) in [5.41, 5.74) is 0.976. The lowest BCUT2D eigenvalue weighted by molar-refractivity contribution is 0.412. The van der Waals surface area contributed by atoms with Gasteiger partial charge in [0.1, 0.15) is 6.33 Å². The van der Waals surface area contributed by atoms with E-state index in [0.717, 1.165) is 30.3 Å². The summed E-state index contributed by atoms with van der Waals surface area (Å²) < 4.78 is 5.48. The molecule has 0 radical (unpaired) electrons. The van der Waals surface area contributed by atoms with Crippen LogP contribution in [-0.2, 0) is 6.54 Å². The van der Waals surface area contributed by atoms with Crippen LogP contribution in [-0.4, -0.2) is 35.7 Å². The van der Waals surface area contributed by atoms with Crippen molar-refractivity contribution in [2.45, 2.75) is 19.9 Å². The summed E-state index contributed by atoms with van der Waals surface area (Å²) in [7, 11) is 3.59. The van der Waals surface area contributed by atoms with Crippen molar-refractivity contribution in [1.29, 1.82) is 0 Å². The molecule has 0 fully saturated rings. The zero-order valence-corrected chi connectivity index (χ0v) is 12.7. The zero-order valence-electron chi connectivity index (χ0n) is 12.7. The van der Waals surface area contributed by atoms with E-state index in [2.05, 4.69) is 27.2 Å². The quantitative estimate of drug-likeness (QED) is 0.843. The molecule has 2 aromatic heterocycles. The Balaban J connectivity index is 2.21. The van der Waals surface area contributed by atoms with Crippen LogP contribution in [0.5, 0.6) is 5.75 Å². The summed E-state index contributed by atoms with van der Waals surface area (Å²) in [6.07, 6.45) is 4.35. The molecular formula is C15H21N5O. The maximum absolute atomic E-state index is 5.48. The van der Waals surface area contributed by atoms with Gasteiger partial charge in [0.25, 0.3) is 0 Å². The molecule has 0 saturated heterocycles. The summed E-state index contributed by atoms with van der Waals surface area (Å²) in [6, 6.07) is 5.86. The van der Waals surface area contributed by atoms with Crippen LogP contribution in [0.15, 0.2) is 30.7 Å². The Morgan fingerprint density at radius 1 is 1.24 bits per heavy atom. The average Bonchev–Trinajstić information content (AvgIpc) is 2.53. The van der Waals surface area contributed by atoms with Crippen LogP contribution < -0.4 is 15.0 Å². The third-order valence-corrected chi connectivity index (χ3v) is 3.02. The summed E-state index contributed by atoms with van der Waals surface area (Å²) in [4.78, 5) is 14.9. The van der Waals surface area contributed by atoms with Crippen molar-refractivity contribution in [3.05, 3.63) is 36.4 Å². The lowest BCUT2D eigenvalue weighted by atomic mass is 10.3. The first kappa shape index (κ1) is 15.0. The monoisotopic (exact) mass is 287 g/mol. The van der Waals surface area contributed by atoms with Crippen LogP contribution in [0.3, 0.4) is 0 Å². The highest BCUT2D eigenvalue weighted by Gasteiger charge is 2.15. The number of methoxy groups -OCH3 is 1. The molecule has 112 valence electrons. The molecule has 0 aliphatic rings. The van der Waals surface area contributed by atoms with E-state index < -0.39 is 0 Å². The highest BCUT2D eigenvalue weighted by Crippen LogP contribution is 2.31. The minimum Gasteiger partial charge on any atom is -0.490 e. The number of nitrogens with zero attached hydrogens (tertiary/aromatic N) is 4. The molecule has 6 nitrogen and oxygen atoms in total. The largest absolute Gasteiger partial charge is 0.490 e. The number of nitrogens with one attached hydrogen (secondary N) is 1. The molecule has 2 heterocycles. The predicted molar refractivity (Wildman–Crippen MR) is 83.7 cm³/mol. The molecule has 6 heteroatoms. The smallest absolute Gasteiger partial charge is 0.204 e. The van der Waals surface area contributed by atoms with Crippen molar-refractivity contribution >= 4 is 11.6 Å². The van der Waals surface area contributed by atoms with Crippen LogP contribution in [0.4, 0.5) is 11.6 Å². The molecule has 0 atom stereocenters. The fraction of sp³-hybridized carbons (Fsp3) is 0.400. The van der Waals surface area contributed by atoms with E-state index in [-0.39, 0.29) is 0 Å². The van der Waals surface area contributed by atoms with Gasteiger partial charge in [-0.15, -0.1) is 0 Å². The van der Waals surface area contributed by atoms with Crippen LogP contribution in [0, 0.1) is 0 Å². The number of anilines is 2. The average molecular weight is 287 g/mol. The van der Waals surface area contributed by atoms with Gasteiger partial charge < -0.3 is 15.0 Å². The van der Waals surface area contributed by atoms with Gasteiger partial charge in [-0.05, 0) is 18.6 Å². The summed E-state index contributed by atoms with van der Waals surface area (Å²) in [6.45, 7) is 3.60. The molecule has 0 amide bonds. The van der Waals surface area contributed by atoms with E-state index in [0.29, 0.717) is 12.3 Å². The van der Waals surface area contributed by atoms with Crippen LogP contribution in [0.2, 0.25) is 0 Å². The molecular weight excluding hydrogens is 266 g/mol. The van der Waals surface area contributed by atoms with Gasteiger partial charge in [0, 0.05) is 19.8 Å². The highest BCUT2D eigenvalue weighted by molar-refractivity contribution is 5.64. The van der Waals surface area contributed by atoms with E-state index in [1.807, 2.05) is 30.1 Å². The van der Waals surface area contributed by atoms with E-state index >= 15 is 0 Å². The van der Waals surface area contributed by atoms with Crippen molar-refractivity contribution in [1.82, 2.24) is 15.0 Å². The van der Waals surface area contributed by atoms with Gasteiger partial charge in [0.15, 0.2) is 11.6 Å². The standard InChI is InChI=1S/C15H21N5O/c1-4-8-17-14-13(21-3)15(19-11-18-14)20(2)10-12-7-5-6-9-16-12/h5-7,9,11H,4,8,10H2,1-3H3,(H,17,18,19). The van der Waals surface area contributed by atoms with Gasteiger partial charge >= 0.3 is 0 Å². The Morgan fingerprint density at radius 3 is 2.76 bits per heavy atom. The van der Waals surface area contributed by atoms with E-state index in [1.165, 1.54) is 0 Å². The second kappa shape index (κ2) is 7.42. The fourth-order valence-electron chi connectivity index (χ4n) is 2.00. The Hall–Kier alpha value is -2.37. The molecule has 2 rings (SSSR count). The minimum atomic E-state index is 0.654. The predicted octanol–water partition coefficient (Wildman–Crippen LogP) is 2.34. The summed E-state index contributed by atoms with van der Waals surface area (Å²) >= 11 is 0. The minimum absolute atomic E-state index is 0.654. The Labute approximate surface area is 125 Å². The maximum Gasteiger partial charge on any atom is 0.204 e. The molecule has 1 N–H and O–H groups in total. The van der Waals surface area contributed by atoms with Crippen molar-refractivity contribution in [3.63, 3.8) is 0 Å². The van der Waals surface area contributed by atoms with Crippen LogP contribution in [0.25, 0.3) is 0 Å². The van der Waals surface area contributed by atoms with Gasteiger partial charge in [0.2, 0.25) is 5.75 Å². The molecule has 21 heavy (non-hydrogen) atoms. The van der Waals surface area contributed by atoms with E-state index in [1.54, 1.807) is 19.6 Å². The Morgan fingerprint density at radius 2 is 2.10 bits per heavy atom. The number of ether oxygens (including phenoxy) is 1. The van der Waals surface area contributed by atoms with E-state index in [9.17, 15) is 0 Å². The van der Waals surface area contributed by atoms with Crippen molar-refractivity contribution in [2.24, 2.45) is 0 Å². The number of hydrogen-bond donors (Lipinski definition) is 1. The molecule has 0 spiro atoms. The molecule has 0 bridgehead atoms. The van der Waals surface area contributed by atoms with Gasteiger partial charge in [-0.1, -0.05) is 13.0 Å². The number of hydrogen-bond acceptors (Lipinski definition) is 6. The van der Waals surface area contributed by atoms with Crippen LogP contribution >= 0.6 is 0 Å². The maximum atomic E-state index is 5.48. The lowest BCUT2D eigenvalue weighted by Crippen LogP contribution is -2.20. The number of aromatic nitrogens is 3. The summed E-state index contributed by atoms with van der Waals surface area (Å²) in [5.74, 6) is 2.12. The first-order chi connectivity index (χ1) is 10.3. The van der Waals surface area contributed by atoms with Gasteiger partial charge in [-0.3, -0.25) is 4.98 Å². The number of rotatable bonds is 7. The van der Waals surface area contributed by atoms with Gasteiger partial charge in [-0.2, -0.15) is 0 Å². The Bertz CT molecular complexity index is 561. The molecule has 0 aromatic carbocycles. The van der Waals surface area contributed by atoms with Gasteiger partial charge in [-0.25, -0.2) is 9.97 Å². The third kappa shape index (κ3) is 3.81. The second-order valence-corrected chi connectivity index (χ2v) is 4.68. The number of pyridine rings is 1. The fourth-order valence-corrected chi connectivity index (χ4v) is 2.00. The van der Waals surface area contributed by atoms with Gasteiger partial charge in [0.05, 0.1) is 19.3 Å². The third-order valence-electron chi connectivity index (χ3n) is 3.02. The topological polar surface area (TPSA) is 63.2 Å². The molecule has 0 aliphatic heterocycles. The molecule has 0 unspecified atom stereocenters. The van der Waals surface area contributed by atoms with E-state index in [4.69, 9.17) is 4.74 Å². The molecule has 2 aromatic rings. The van der Waals surface area contributed by atoms with Crippen molar-refractivity contribution in [3.8, 4) is 5.75 Å². The first-order valence-electron chi connectivity index (χ1n) is 7.00. The molecule has 0 saturated carbocycles. The summed E-state index contributed by atoms with van der Waals surface area (Å²) in [5, 5.41) is 3.25. The highest BCUT2D eigenvalue weighted by atomic mass is 16.5. The van der Waals surface area contributed by atoms with Crippen molar-refractivity contribution in [2.75, 3.05) is 30.9 Å². The zero-order chi connectivity index (χ0) is 15.1. The molecule has 0 aliphatic carbocycles. The first-order valence-corrected chi connectivity index (χ1v) is 7.00. The Kier molecular flexibility index (Phi) is 5.31. The normalized spacial score (nSPS) is 10.2. The SMILES string of the molecule is CCCNc1ncnc(N(C)Cc2ccccn2)c1OC. The lowest BCUT2D eigenvalue weighted by Gasteiger charge is -2.21. The van der Waals surface area contributed by atoms with Crippen LogP contribution in [0.1, 0.15) is 19.0 Å².